The number of hydrogen-bond acceptors (Lipinski definition) is 5. The molecular weight excluding hydrogens is 409 g/mol. The second kappa shape index (κ2) is 7.55. The molecule has 0 radical (unpaired) electrons. The van der Waals surface area contributed by atoms with Crippen LogP contribution in [-0.2, 0) is 16.6 Å². The van der Waals surface area contributed by atoms with Crippen LogP contribution in [0.25, 0.3) is 0 Å². The largest absolute Gasteiger partial charge is 0.280 e. The number of pyridine rings is 1. The van der Waals surface area contributed by atoms with Crippen LogP contribution in [-0.4, -0.2) is 47.5 Å². The van der Waals surface area contributed by atoms with Gasteiger partial charge in [-0.05, 0) is 48.1 Å². The summed E-state index contributed by atoms with van der Waals surface area (Å²) in [6.45, 7) is 4.38. The van der Waals surface area contributed by atoms with Gasteiger partial charge >= 0.3 is 0 Å². The van der Waals surface area contributed by atoms with E-state index >= 15 is 0 Å². The van der Waals surface area contributed by atoms with Gasteiger partial charge in [-0.3, -0.25) is 19.5 Å². The predicted octanol–water partition coefficient (Wildman–Crippen LogP) is 2.68. The Morgan fingerprint density at radius 3 is 2.47 bits per heavy atom. The Kier molecular flexibility index (Phi) is 5.19. The van der Waals surface area contributed by atoms with Crippen molar-refractivity contribution < 1.29 is 22.4 Å². The molecule has 0 aliphatic carbocycles. The summed E-state index contributed by atoms with van der Waals surface area (Å²) in [5.74, 6) is -1.47. The molecule has 1 saturated heterocycles. The molecule has 4 rings (SSSR count). The van der Waals surface area contributed by atoms with Gasteiger partial charge in [0.1, 0.15) is 11.5 Å². The van der Waals surface area contributed by atoms with Gasteiger partial charge < -0.3 is 0 Å². The topological polar surface area (TPSA) is 87.7 Å². The van der Waals surface area contributed by atoms with Gasteiger partial charge in [-0.15, -0.1) is 0 Å². The minimum absolute atomic E-state index is 0.0349. The van der Waals surface area contributed by atoms with Crippen molar-refractivity contribution in [3.63, 3.8) is 0 Å². The molecule has 2 aliphatic rings. The van der Waals surface area contributed by atoms with E-state index in [1.807, 2.05) is 13.8 Å². The smallest absolute Gasteiger partial charge is 0.268 e. The van der Waals surface area contributed by atoms with Gasteiger partial charge in [-0.25, -0.2) is 12.8 Å². The minimum atomic E-state index is -4.00. The zero-order chi connectivity index (χ0) is 21.6. The van der Waals surface area contributed by atoms with Crippen molar-refractivity contribution in [2.45, 2.75) is 31.7 Å². The van der Waals surface area contributed by atoms with Gasteiger partial charge in [0.15, 0.2) is 0 Å². The average Bonchev–Trinajstić information content (AvgIpc) is 2.93. The molecule has 7 nitrogen and oxygen atoms in total. The lowest BCUT2D eigenvalue weighted by Gasteiger charge is -2.34. The van der Waals surface area contributed by atoms with E-state index in [1.54, 1.807) is 6.07 Å². The number of sulfonamides is 1. The lowest BCUT2D eigenvalue weighted by atomic mass is 9.94. The first kappa shape index (κ1) is 20.6. The molecule has 1 aromatic carbocycles. The molecule has 2 amide bonds. The SMILES string of the molecule is C[C@@H]1C[C@H](C)CN(S(=O)(=O)c2cc(F)ccc2CN2C(=O)c3cccnc3C2=O)C1. The minimum Gasteiger partial charge on any atom is -0.268 e. The molecule has 0 N–H and O–H groups in total. The second-order valence-corrected chi connectivity index (χ2v) is 10.0. The van der Waals surface area contributed by atoms with Crippen LogP contribution in [0.15, 0.2) is 41.4 Å². The summed E-state index contributed by atoms with van der Waals surface area (Å²) < 4.78 is 42.1. The molecule has 0 saturated carbocycles. The van der Waals surface area contributed by atoms with E-state index in [-0.39, 0.29) is 40.1 Å². The number of rotatable bonds is 4. The van der Waals surface area contributed by atoms with Crippen LogP contribution in [0.1, 0.15) is 46.7 Å². The zero-order valence-corrected chi connectivity index (χ0v) is 17.5. The summed E-state index contributed by atoms with van der Waals surface area (Å²) in [6.07, 6.45) is 2.34. The number of hydrogen-bond donors (Lipinski definition) is 0. The Hall–Kier alpha value is -2.65. The molecular formula is C21H22FN3O4S. The third-order valence-electron chi connectivity index (χ3n) is 5.54. The van der Waals surface area contributed by atoms with Crippen LogP contribution >= 0.6 is 0 Å². The van der Waals surface area contributed by atoms with E-state index in [4.69, 9.17) is 0 Å². The predicted molar refractivity (Wildman–Crippen MR) is 107 cm³/mol. The summed E-state index contributed by atoms with van der Waals surface area (Å²) in [5, 5.41) is 0. The summed E-state index contributed by atoms with van der Waals surface area (Å²) in [7, 11) is -4.00. The lowest BCUT2D eigenvalue weighted by molar-refractivity contribution is 0.0639. The highest BCUT2D eigenvalue weighted by Crippen LogP contribution is 2.30. The molecule has 158 valence electrons. The Morgan fingerprint density at radius 2 is 1.80 bits per heavy atom. The fraction of sp³-hybridized carbons (Fsp3) is 0.381. The maximum atomic E-state index is 14.0. The standard InChI is InChI=1S/C21H22FN3O4S/c1-13-8-14(2)11-24(10-13)30(28,29)18-9-16(22)6-5-15(18)12-25-20(26)17-4-3-7-23-19(17)21(25)27/h3-7,9,13-14H,8,10-12H2,1-2H3/t13-,14+. The van der Waals surface area contributed by atoms with E-state index < -0.39 is 27.7 Å². The third kappa shape index (κ3) is 3.52. The van der Waals surface area contributed by atoms with Gasteiger partial charge in [0, 0.05) is 19.3 Å². The first-order valence-corrected chi connectivity index (χ1v) is 11.2. The number of nitrogens with zero attached hydrogens (tertiary/aromatic N) is 3. The number of carbonyl (C=O) groups is 2. The van der Waals surface area contributed by atoms with Gasteiger partial charge in [-0.1, -0.05) is 19.9 Å². The van der Waals surface area contributed by atoms with Crippen molar-refractivity contribution in [2.75, 3.05) is 13.1 Å². The highest BCUT2D eigenvalue weighted by molar-refractivity contribution is 7.89. The van der Waals surface area contributed by atoms with Crippen molar-refractivity contribution in [3.8, 4) is 0 Å². The molecule has 1 aromatic heterocycles. The molecule has 3 heterocycles. The number of imide groups is 1. The molecule has 0 unspecified atom stereocenters. The fourth-order valence-corrected chi connectivity index (χ4v) is 6.17. The summed E-state index contributed by atoms with van der Waals surface area (Å²) >= 11 is 0. The number of aromatic nitrogens is 1. The number of benzene rings is 1. The van der Waals surface area contributed by atoms with Gasteiger partial charge in [0.25, 0.3) is 11.8 Å². The third-order valence-corrected chi connectivity index (χ3v) is 7.46. The van der Waals surface area contributed by atoms with Crippen molar-refractivity contribution >= 4 is 21.8 Å². The van der Waals surface area contributed by atoms with Crippen molar-refractivity contribution in [2.24, 2.45) is 11.8 Å². The molecule has 2 aliphatic heterocycles. The van der Waals surface area contributed by atoms with Crippen molar-refractivity contribution in [1.29, 1.82) is 0 Å². The zero-order valence-electron chi connectivity index (χ0n) is 16.7. The van der Waals surface area contributed by atoms with E-state index in [0.717, 1.165) is 23.5 Å². The van der Waals surface area contributed by atoms with Crippen LogP contribution in [0.5, 0.6) is 0 Å². The quantitative estimate of drug-likeness (QED) is 0.695. The molecule has 30 heavy (non-hydrogen) atoms. The fourth-order valence-electron chi connectivity index (χ4n) is 4.27. The Bertz CT molecular complexity index is 1090. The van der Waals surface area contributed by atoms with E-state index in [2.05, 4.69) is 4.98 Å². The highest BCUT2D eigenvalue weighted by Gasteiger charge is 2.39. The molecule has 2 aromatic rings. The van der Waals surface area contributed by atoms with E-state index in [1.165, 1.54) is 22.6 Å². The van der Waals surface area contributed by atoms with Crippen LogP contribution in [0, 0.1) is 17.7 Å². The highest BCUT2D eigenvalue weighted by atomic mass is 32.2. The van der Waals surface area contributed by atoms with Crippen LogP contribution in [0.3, 0.4) is 0 Å². The summed E-state index contributed by atoms with van der Waals surface area (Å²) in [4.78, 5) is 30.0. The Labute approximate surface area is 174 Å². The van der Waals surface area contributed by atoms with Crippen LogP contribution in [0.4, 0.5) is 4.39 Å². The van der Waals surface area contributed by atoms with Crippen LogP contribution < -0.4 is 0 Å². The Balaban J connectivity index is 1.70. The van der Waals surface area contributed by atoms with E-state index in [0.29, 0.717) is 13.1 Å². The maximum Gasteiger partial charge on any atom is 0.280 e. The van der Waals surface area contributed by atoms with Gasteiger partial charge in [0.05, 0.1) is 17.0 Å². The number of carbonyl (C=O) groups excluding carboxylic acids is 2. The molecule has 1 fully saturated rings. The van der Waals surface area contributed by atoms with E-state index in [9.17, 15) is 22.4 Å². The lowest BCUT2D eigenvalue weighted by Crippen LogP contribution is -2.43. The average molecular weight is 431 g/mol. The maximum absolute atomic E-state index is 14.0. The number of halogens is 1. The van der Waals surface area contributed by atoms with Crippen molar-refractivity contribution in [3.05, 3.63) is 59.2 Å². The summed E-state index contributed by atoms with van der Waals surface area (Å²) in [5.41, 5.74) is 0.400. The molecule has 9 heteroatoms. The number of amides is 2. The van der Waals surface area contributed by atoms with Gasteiger partial charge in [-0.2, -0.15) is 4.31 Å². The Morgan fingerprint density at radius 1 is 1.10 bits per heavy atom. The monoisotopic (exact) mass is 431 g/mol. The first-order valence-electron chi connectivity index (χ1n) is 9.78. The molecule has 0 spiro atoms. The van der Waals surface area contributed by atoms with Gasteiger partial charge in [0.2, 0.25) is 10.0 Å². The number of fused-ring (bicyclic) bond motifs is 1. The number of piperidine rings is 1. The normalized spacial score (nSPS) is 22.4. The van der Waals surface area contributed by atoms with Crippen molar-refractivity contribution in [1.82, 2.24) is 14.2 Å². The molecule has 2 atom stereocenters. The first-order chi connectivity index (χ1) is 14.2. The van der Waals surface area contributed by atoms with Crippen LogP contribution in [0.2, 0.25) is 0 Å². The molecule has 0 bridgehead atoms. The summed E-state index contributed by atoms with van der Waals surface area (Å²) in [6, 6.07) is 6.47. The second-order valence-electron chi connectivity index (χ2n) is 8.12.